The molecule has 7 nitrogen and oxygen atoms in total. The smallest absolute Gasteiger partial charge is 0.337 e. The third-order valence-electron chi connectivity index (χ3n) is 2.77. The van der Waals surface area contributed by atoms with Crippen LogP contribution in [-0.4, -0.2) is 45.8 Å². The van der Waals surface area contributed by atoms with Crippen LogP contribution in [0.5, 0.6) is 0 Å². The van der Waals surface area contributed by atoms with E-state index in [0.717, 1.165) is 0 Å². The van der Waals surface area contributed by atoms with Crippen molar-refractivity contribution < 1.29 is 14.7 Å². The van der Waals surface area contributed by atoms with Crippen LogP contribution in [0.15, 0.2) is 30.5 Å². The third kappa shape index (κ3) is 2.33. The lowest BCUT2D eigenvalue weighted by atomic mass is 10.1. The molecule has 0 spiro atoms. The molecule has 3 N–H and O–H groups in total. The van der Waals surface area contributed by atoms with Gasteiger partial charge in [0.1, 0.15) is 0 Å². The number of para-hydroxylation sites is 1. The summed E-state index contributed by atoms with van der Waals surface area (Å²) >= 11 is 0. The van der Waals surface area contributed by atoms with Gasteiger partial charge in [-0.1, -0.05) is 6.07 Å². The molecule has 2 aromatic rings. The normalized spacial score (nSPS) is 10.3. The van der Waals surface area contributed by atoms with Crippen molar-refractivity contribution in [1.29, 1.82) is 0 Å². The van der Waals surface area contributed by atoms with Crippen molar-refractivity contribution in [3.63, 3.8) is 0 Å². The molecule has 0 unspecified atom stereocenters. The highest BCUT2D eigenvalue weighted by Crippen LogP contribution is 2.21. The molecule has 0 bridgehead atoms. The molecule has 0 fully saturated rings. The lowest BCUT2D eigenvalue weighted by Gasteiger charge is -2.09. The van der Waals surface area contributed by atoms with Gasteiger partial charge in [0.15, 0.2) is 5.69 Å². The molecule has 0 atom stereocenters. The van der Waals surface area contributed by atoms with Gasteiger partial charge < -0.3 is 15.7 Å². The number of aromatic carboxylic acids is 1. The van der Waals surface area contributed by atoms with Crippen LogP contribution in [0, 0.1) is 0 Å². The zero-order chi connectivity index (χ0) is 14.9. The number of carbonyl (C=O) groups is 2. The molecule has 0 aliphatic heterocycles. The highest BCUT2D eigenvalue weighted by Gasteiger charge is 2.15. The molecular formula is C13H14N4O3. The number of hydrogen-bond acceptors (Lipinski definition) is 4. The lowest BCUT2D eigenvalue weighted by molar-refractivity contribution is 0.0697. The van der Waals surface area contributed by atoms with Crippen LogP contribution in [0.2, 0.25) is 0 Å². The topological polar surface area (TPSA) is 101 Å². The quantitative estimate of drug-likeness (QED) is 0.808. The first-order valence-electron chi connectivity index (χ1n) is 5.81. The molecule has 1 amide bonds. The fraction of sp³-hybridized carbons (Fsp3) is 0.154. The summed E-state index contributed by atoms with van der Waals surface area (Å²) in [5.74, 6) is -1.35. The number of nitrogen functional groups attached to an aromatic ring is 1. The van der Waals surface area contributed by atoms with Gasteiger partial charge in [-0.2, -0.15) is 5.10 Å². The molecule has 0 saturated heterocycles. The first kappa shape index (κ1) is 13.6. The Labute approximate surface area is 115 Å². The Hall–Kier alpha value is -2.83. The number of amides is 1. The molecule has 2 rings (SSSR count). The zero-order valence-electron chi connectivity index (χ0n) is 11.1. The van der Waals surface area contributed by atoms with Gasteiger partial charge in [0.05, 0.1) is 16.9 Å². The summed E-state index contributed by atoms with van der Waals surface area (Å²) in [5, 5.41) is 13.1. The van der Waals surface area contributed by atoms with E-state index in [2.05, 4.69) is 5.10 Å². The van der Waals surface area contributed by atoms with Gasteiger partial charge in [-0.15, -0.1) is 0 Å². The first-order chi connectivity index (χ1) is 9.41. The molecule has 1 heterocycles. The minimum atomic E-state index is -1.11. The first-order valence-corrected chi connectivity index (χ1v) is 5.81. The summed E-state index contributed by atoms with van der Waals surface area (Å²) in [5.41, 5.74) is 6.61. The number of carboxylic acids is 1. The molecule has 1 aromatic heterocycles. The maximum Gasteiger partial charge on any atom is 0.337 e. The van der Waals surface area contributed by atoms with Crippen molar-refractivity contribution in [2.24, 2.45) is 0 Å². The Morgan fingerprint density at radius 2 is 2.00 bits per heavy atom. The fourth-order valence-corrected chi connectivity index (χ4v) is 1.74. The standard InChI is InChI=1S/C13H14N4O3/c1-16(2)12(18)9-6-7-17(15-9)10-5-3-4-8(11(10)14)13(19)20/h3-7H,14H2,1-2H3,(H,19,20). The fourth-order valence-electron chi connectivity index (χ4n) is 1.74. The van der Waals surface area contributed by atoms with Crippen molar-refractivity contribution in [2.45, 2.75) is 0 Å². The van der Waals surface area contributed by atoms with Crippen LogP contribution in [-0.2, 0) is 0 Å². The number of carbonyl (C=O) groups excluding carboxylic acids is 1. The van der Waals surface area contributed by atoms with Gasteiger partial charge in [-0.25, -0.2) is 9.48 Å². The highest BCUT2D eigenvalue weighted by atomic mass is 16.4. The van der Waals surface area contributed by atoms with Crippen LogP contribution in [0.4, 0.5) is 5.69 Å². The molecule has 0 saturated carbocycles. The van der Waals surface area contributed by atoms with E-state index in [1.165, 1.54) is 15.6 Å². The van der Waals surface area contributed by atoms with E-state index in [9.17, 15) is 9.59 Å². The monoisotopic (exact) mass is 274 g/mol. The summed E-state index contributed by atoms with van der Waals surface area (Å²) in [6, 6.07) is 6.18. The highest BCUT2D eigenvalue weighted by molar-refractivity contribution is 5.96. The molecule has 0 radical (unpaired) electrons. The van der Waals surface area contributed by atoms with Crippen molar-refractivity contribution in [1.82, 2.24) is 14.7 Å². The predicted octanol–water partition coefficient (Wildman–Crippen LogP) is 0.855. The summed E-state index contributed by atoms with van der Waals surface area (Å²) in [6.07, 6.45) is 1.56. The zero-order valence-corrected chi connectivity index (χ0v) is 11.1. The predicted molar refractivity (Wildman–Crippen MR) is 73.0 cm³/mol. The van der Waals surface area contributed by atoms with Crippen molar-refractivity contribution in [3.05, 3.63) is 41.7 Å². The van der Waals surface area contributed by atoms with Crippen LogP contribution >= 0.6 is 0 Å². The van der Waals surface area contributed by atoms with Crippen LogP contribution in [0.3, 0.4) is 0 Å². The van der Waals surface area contributed by atoms with Crippen LogP contribution < -0.4 is 5.73 Å². The van der Waals surface area contributed by atoms with Gasteiger partial charge in [0.25, 0.3) is 5.91 Å². The van der Waals surface area contributed by atoms with E-state index >= 15 is 0 Å². The van der Waals surface area contributed by atoms with E-state index in [1.807, 2.05) is 0 Å². The van der Waals surface area contributed by atoms with Gasteiger partial charge in [-0.3, -0.25) is 4.79 Å². The molecule has 0 aliphatic carbocycles. The minimum absolute atomic E-state index is 0.00140. The van der Waals surface area contributed by atoms with Crippen molar-refractivity contribution >= 4 is 17.6 Å². The number of hydrogen-bond donors (Lipinski definition) is 2. The lowest BCUT2D eigenvalue weighted by Crippen LogP contribution is -2.22. The second kappa shape index (κ2) is 5.04. The van der Waals surface area contributed by atoms with E-state index in [-0.39, 0.29) is 22.9 Å². The Morgan fingerprint density at radius 1 is 1.30 bits per heavy atom. The van der Waals surface area contributed by atoms with E-state index < -0.39 is 5.97 Å². The number of nitrogens with two attached hydrogens (primary N) is 1. The molecule has 1 aromatic carbocycles. The van der Waals surface area contributed by atoms with Crippen molar-refractivity contribution in [2.75, 3.05) is 19.8 Å². The minimum Gasteiger partial charge on any atom is -0.478 e. The van der Waals surface area contributed by atoms with Gasteiger partial charge in [0.2, 0.25) is 0 Å². The molecule has 104 valence electrons. The Bertz CT molecular complexity index is 676. The SMILES string of the molecule is CN(C)C(=O)c1ccn(-c2cccc(C(=O)O)c2N)n1. The number of anilines is 1. The third-order valence-corrected chi connectivity index (χ3v) is 2.77. The average Bonchev–Trinajstić information content (AvgIpc) is 2.86. The Morgan fingerprint density at radius 3 is 2.60 bits per heavy atom. The van der Waals surface area contributed by atoms with Crippen LogP contribution in [0.1, 0.15) is 20.8 Å². The number of aromatic nitrogens is 2. The number of benzene rings is 1. The maximum absolute atomic E-state index is 11.8. The Balaban J connectivity index is 2.46. The van der Waals surface area contributed by atoms with E-state index in [1.54, 1.807) is 38.5 Å². The maximum atomic E-state index is 11.8. The summed E-state index contributed by atoms with van der Waals surface area (Å²) in [7, 11) is 3.25. The number of carboxylic acid groups (broad SMARTS) is 1. The number of nitrogens with zero attached hydrogens (tertiary/aromatic N) is 3. The summed E-state index contributed by atoms with van der Waals surface area (Å²) in [4.78, 5) is 24.2. The molecule has 7 heteroatoms. The molecule has 20 heavy (non-hydrogen) atoms. The average molecular weight is 274 g/mol. The van der Waals surface area contributed by atoms with Gasteiger partial charge >= 0.3 is 5.97 Å². The van der Waals surface area contributed by atoms with Gasteiger partial charge in [-0.05, 0) is 18.2 Å². The van der Waals surface area contributed by atoms with E-state index in [0.29, 0.717) is 5.69 Å². The summed E-state index contributed by atoms with van der Waals surface area (Å²) in [6.45, 7) is 0. The number of rotatable bonds is 3. The second-order valence-corrected chi connectivity index (χ2v) is 4.39. The largest absolute Gasteiger partial charge is 0.478 e. The van der Waals surface area contributed by atoms with Gasteiger partial charge in [0, 0.05) is 20.3 Å². The molecule has 0 aliphatic rings. The van der Waals surface area contributed by atoms with E-state index in [4.69, 9.17) is 10.8 Å². The summed E-state index contributed by atoms with van der Waals surface area (Å²) < 4.78 is 1.39. The molecular weight excluding hydrogens is 260 g/mol. The van der Waals surface area contributed by atoms with Crippen molar-refractivity contribution in [3.8, 4) is 5.69 Å². The van der Waals surface area contributed by atoms with Crippen LogP contribution in [0.25, 0.3) is 5.69 Å². The Kier molecular flexibility index (Phi) is 3.43. The second-order valence-electron chi connectivity index (χ2n) is 4.39.